The van der Waals surface area contributed by atoms with Gasteiger partial charge in [-0.2, -0.15) is 5.10 Å². The molecule has 0 spiro atoms. The summed E-state index contributed by atoms with van der Waals surface area (Å²) in [5.74, 6) is 0.0675. The molecule has 1 aromatic rings. The molecule has 0 radical (unpaired) electrons. The van der Waals surface area contributed by atoms with E-state index in [4.69, 9.17) is 0 Å². The molecule has 0 saturated heterocycles. The summed E-state index contributed by atoms with van der Waals surface area (Å²) in [5.41, 5.74) is -0.379. The van der Waals surface area contributed by atoms with Crippen molar-refractivity contribution in [3.05, 3.63) is 22.5 Å². The highest BCUT2D eigenvalue weighted by molar-refractivity contribution is 7.92. The molecule has 3 N–H and O–H groups in total. The quantitative estimate of drug-likeness (QED) is 0.565. The zero-order valence-corrected chi connectivity index (χ0v) is 9.67. The average Bonchev–Trinajstić information content (AvgIpc) is 2.21. The van der Waals surface area contributed by atoms with Crippen LogP contribution in [0.15, 0.2) is 16.9 Å². The van der Waals surface area contributed by atoms with Crippen LogP contribution in [0.4, 0.5) is 5.82 Å². The summed E-state index contributed by atoms with van der Waals surface area (Å²) in [6, 6.07) is 2.51. The summed E-state index contributed by atoms with van der Waals surface area (Å²) in [6.07, 6.45) is 0. The molecule has 0 unspecified atom stereocenters. The van der Waals surface area contributed by atoms with Crippen molar-refractivity contribution >= 4 is 15.8 Å². The zero-order chi connectivity index (χ0) is 12.0. The highest BCUT2D eigenvalue weighted by Crippen LogP contribution is 2.00. The molecule has 1 heterocycles. The molecule has 0 saturated carbocycles. The molecule has 7 nitrogen and oxygen atoms in total. The molecule has 90 valence electrons. The molecule has 16 heavy (non-hydrogen) atoms. The summed E-state index contributed by atoms with van der Waals surface area (Å²) in [4.78, 5) is 10.7. The van der Waals surface area contributed by atoms with E-state index in [0.717, 1.165) is 0 Å². The van der Waals surface area contributed by atoms with Gasteiger partial charge in [-0.25, -0.2) is 13.5 Å². The fourth-order valence-corrected chi connectivity index (χ4v) is 1.94. The Morgan fingerprint density at radius 3 is 2.75 bits per heavy atom. The van der Waals surface area contributed by atoms with Gasteiger partial charge in [0.25, 0.3) is 5.56 Å². The van der Waals surface area contributed by atoms with Crippen molar-refractivity contribution < 1.29 is 8.42 Å². The Hall–Kier alpha value is -1.41. The number of hydrogen-bond donors (Lipinski definition) is 3. The maximum Gasteiger partial charge on any atom is 0.264 e. The molecule has 0 bridgehead atoms. The molecule has 0 fully saturated rings. The van der Waals surface area contributed by atoms with Gasteiger partial charge in [0.1, 0.15) is 0 Å². The first-order valence-corrected chi connectivity index (χ1v) is 6.45. The average molecular weight is 246 g/mol. The lowest BCUT2D eigenvalue weighted by atomic mass is 10.5. The van der Waals surface area contributed by atoms with Crippen LogP contribution in [0.2, 0.25) is 0 Å². The Balaban J connectivity index is 2.58. The number of H-pyrrole nitrogens is 1. The number of aromatic nitrogens is 2. The maximum atomic E-state index is 11.5. The van der Waals surface area contributed by atoms with Crippen LogP contribution in [-0.2, 0) is 10.0 Å². The van der Waals surface area contributed by atoms with Crippen LogP contribution in [-0.4, -0.2) is 37.5 Å². The highest BCUT2D eigenvalue weighted by Gasteiger charge is 2.10. The van der Waals surface area contributed by atoms with Crippen molar-refractivity contribution in [3.63, 3.8) is 0 Å². The molecule has 0 amide bonds. The van der Waals surface area contributed by atoms with Crippen LogP contribution in [0.1, 0.15) is 6.92 Å². The van der Waals surface area contributed by atoms with Gasteiger partial charge in [-0.05, 0) is 12.6 Å². The van der Waals surface area contributed by atoms with Crippen molar-refractivity contribution in [2.24, 2.45) is 0 Å². The van der Waals surface area contributed by atoms with E-state index in [-0.39, 0.29) is 17.1 Å². The van der Waals surface area contributed by atoms with E-state index in [1.807, 2.05) is 6.92 Å². The van der Waals surface area contributed by atoms with Crippen LogP contribution >= 0.6 is 0 Å². The minimum Gasteiger partial charge on any atom is -0.316 e. The summed E-state index contributed by atoms with van der Waals surface area (Å²) < 4.78 is 25.2. The van der Waals surface area contributed by atoms with Gasteiger partial charge in [0.05, 0.1) is 5.75 Å². The molecule has 0 aromatic carbocycles. The Morgan fingerprint density at radius 1 is 1.44 bits per heavy atom. The largest absolute Gasteiger partial charge is 0.316 e. The Bertz CT molecular complexity index is 462. The number of nitrogens with zero attached hydrogens (tertiary/aromatic N) is 1. The minimum atomic E-state index is -3.42. The van der Waals surface area contributed by atoms with E-state index in [2.05, 4.69) is 20.2 Å². The highest BCUT2D eigenvalue weighted by atomic mass is 32.2. The van der Waals surface area contributed by atoms with Gasteiger partial charge in [0.15, 0.2) is 5.82 Å². The first-order chi connectivity index (χ1) is 7.53. The van der Waals surface area contributed by atoms with Crippen molar-refractivity contribution in [3.8, 4) is 0 Å². The minimum absolute atomic E-state index is 0.0400. The number of aromatic amines is 1. The second kappa shape index (κ2) is 5.61. The molecular formula is C8H14N4O3S. The molecule has 8 heteroatoms. The van der Waals surface area contributed by atoms with Gasteiger partial charge in [0, 0.05) is 12.6 Å². The molecule has 0 atom stereocenters. The third-order valence-electron chi connectivity index (χ3n) is 1.74. The van der Waals surface area contributed by atoms with Crippen LogP contribution in [0.3, 0.4) is 0 Å². The lowest BCUT2D eigenvalue weighted by Gasteiger charge is -2.06. The normalized spacial score (nSPS) is 11.3. The fraction of sp³-hybridized carbons (Fsp3) is 0.500. The Labute approximate surface area is 93.3 Å². The topological polar surface area (TPSA) is 104 Å². The third-order valence-corrected chi connectivity index (χ3v) is 3.00. The van der Waals surface area contributed by atoms with Crippen LogP contribution in [0.5, 0.6) is 0 Å². The van der Waals surface area contributed by atoms with Gasteiger partial charge in [-0.15, -0.1) is 0 Å². The van der Waals surface area contributed by atoms with Gasteiger partial charge in [-0.3, -0.25) is 9.52 Å². The predicted octanol–water partition coefficient (Wildman–Crippen LogP) is -0.879. The molecule has 1 rings (SSSR count). The first kappa shape index (κ1) is 12.7. The number of rotatable bonds is 6. The number of anilines is 1. The van der Waals surface area contributed by atoms with Gasteiger partial charge in [-0.1, -0.05) is 6.92 Å². The molecule has 1 aromatic heterocycles. The van der Waals surface area contributed by atoms with Crippen LogP contribution in [0, 0.1) is 0 Å². The predicted molar refractivity (Wildman–Crippen MR) is 60.8 cm³/mol. The maximum absolute atomic E-state index is 11.5. The second-order valence-corrected chi connectivity index (χ2v) is 4.92. The Kier molecular flexibility index (Phi) is 4.44. The first-order valence-electron chi connectivity index (χ1n) is 4.80. The number of sulfonamides is 1. The summed E-state index contributed by atoms with van der Waals surface area (Å²) in [5, 5.41) is 8.59. The molecule has 0 aliphatic rings. The summed E-state index contributed by atoms with van der Waals surface area (Å²) >= 11 is 0. The van der Waals surface area contributed by atoms with E-state index >= 15 is 0 Å². The monoisotopic (exact) mass is 246 g/mol. The standard InChI is InChI=1S/C8H14N4O3S/c1-2-9-5-6-16(14,15)12-7-3-4-8(13)11-10-7/h3-4,9H,2,5-6H2,1H3,(H,10,12)(H,11,13). The third kappa shape index (κ3) is 4.41. The zero-order valence-electron chi connectivity index (χ0n) is 8.86. The number of hydrogen-bond acceptors (Lipinski definition) is 5. The van der Waals surface area contributed by atoms with E-state index in [9.17, 15) is 13.2 Å². The van der Waals surface area contributed by atoms with E-state index in [0.29, 0.717) is 13.1 Å². The van der Waals surface area contributed by atoms with E-state index in [1.165, 1.54) is 12.1 Å². The SMILES string of the molecule is CCNCCS(=O)(=O)Nc1ccc(=O)[nH]n1. The molecule has 0 aliphatic heterocycles. The van der Waals surface area contributed by atoms with Crippen molar-refractivity contribution in [2.75, 3.05) is 23.6 Å². The second-order valence-electron chi connectivity index (χ2n) is 3.08. The fourth-order valence-electron chi connectivity index (χ4n) is 0.995. The van der Waals surface area contributed by atoms with Crippen LogP contribution < -0.4 is 15.6 Å². The number of nitrogens with one attached hydrogen (secondary N) is 3. The van der Waals surface area contributed by atoms with E-state index < -0.39 is 10.0 Å². The van der Waals surface area contributed by atoms with E-state index in [1.54, 1.807) is 0 Å². The van der Waals surface area contributed by atoms with Gasteiger partial charge < -0.3 is 5.32 Å². The van der Waals surface area contributed by atoms with Crippen molar-refractivity contribution in [1.82, 2.24) is 15.5 Å². The summed E-state index contributed by atoms with van der Waals surface area (Å²) in [7, 11) is -3.42. The van der Waals surface area contributed by atoms with Crippen LogP contribution in [0.25, 0.3) is 0 Å². The molecular weight excluding hydrogens is 232 g/mol. The summed E-state index contributed by atoms with van der Waals surface area (Å²) in [6.45, 7) is 2.98. The molecule has 0 aliphatic carbocycles. The lowest BCUT2D eigenvalue weighted by Crippen LogP contribution is -2.27. The Morgan fingerprint density at radius 2 is 2.19 bits per heavy atom. The van der Waals surface area contributed by atoms with Gasteiger partial charge in [0.2, 0.25) is 10.0 Å². The van der Waals surface area contributed by atoms with Gasteiger partial charge >= 0.3 is 0 Å². The van der Waals surface area contributed by atoms with Crippen molar-refractivity contribution in [2.45, 2.75) is 6.92 Å². The van der Waals surface area contributed by atoms with Crippen molar-refractivity contribution in [1.29, 1.82) is 0 Å². The lowest BCUT2D eigenvalue weighted by molar-refractivity contribution is 0.597. The smallest absolute Gasteiger partial charge is 0.264 e.